The maximum atomic E-state index is 13.8. The monoisotopic (exact) mass is 382 g/mol. The van der Waals surface area contributed by atoms with Crippen molar-refractivity contribution in [3.8, 4) is 5.69 Å². The van der Waals surface area contributed by atoms with E-state index in [9.17, 15) is 4.39 Å². The van der Waals surface area contributed by atoms with E-state index in [1.165, 1.54) is 6.07 Å². The van der Waals surface area contributed by atoms with Crippen molar-refractivity contribution >= 4 is 5.95 Å². The molecule has 1 aliphatic heterocycles. The molecule has 0 spiro atoms. The van der Waals surface area contributed by atoms with Crippen molar-refractivity contribution in [2.24, 2.45) is 12.5 Å². The van der Waals surface area contributed by atoms with Gasteiger partial charge in [0.2, 0.25) is 5.95 Å². The molecule has 0 radical (unpaired) electrons. The molecule has 28 heavy (non-hydrogen) atoms. The number of nitrogens with zero attached hydrogens (tertiary/aromatic N) is 6. The quantitative estimate of drug-likeness (QED) is 0.678. The SMILES string of the molecule is CN(C)c1ncc(CN2CC(C)(C)C2c2nccn2-c2cccc(F)c2)n1C. The summed E-state index contributed by atoms with van der Waals surface area (Å²) < 4.78 is 17.9. The van der Waals surface area contributed by atoms with Gasteiger partial charge in [-0.15, -0.1) is 0 Å². The molecule has 1 fully saturated rings. The second-order valence-corrected chi connectivity index (χ2v) is 8.43. The Morgan fingerprint density at radius 1 is 1.25 bits per heavy atom. The van der Waals surface area contributed by atoms with E-state index in [1.807, 2.05) is 49.1 Å². The fraction of sp³-hybridized carbons (Fsp3) is 0.429. The maximum absolute atomic E-state index is 13.8. The highest BCUT2D eigenvalue weighted by Gasteiger charge is 2.48. The Kier molecular flexibility index (Phi) is 4.50. The Hall–Kier alpha value is -2.67. The largest absolute Gasteiger partial charge is 0.348 e. The van der Waals surface area contributed by atoms with Crippen LogP contribution in [0.1, 0.15) is 31.4 Å². The van der Waals surface area contributed by atoms with Crippen molar-refractivity contribution in [2.45, 2.75) is 26.4 Å². The van der Waals surface area contributed by atoms with Gasteiger partial charge in [-0.25, -0.2) is 14.4 Å². The number of likely N-dealkylation sites (tertiary alicyclic amines) is 1. The number of rotatable bonds is 5. The highest BCUT2D eigenvalue weighted by Crippen LogP contribution is 2.48. The molecule has 0 N–H and O–H groups in total. The lowest BCUT2D eigenvalue weighted by molar-refractivity contribution is -0.0655. The second-order valence-electron chi connectivity index (χ2n) is 8.43. The number of imidazole rings is 2. The first-order chi connectivity index (χ1) is 13.3. The van der Waals surface area contributed by atoms with Gasteiger partial charge in [0.25, 0.3) is 0 Å². The zero-order chi connectivity index (χ0) is 20.1. The number of benzene rings is 1. The summed E-state index contributed by atoms with van der Waals surface area (Å²) in [5.74, 6) is 1.64. The summed E-state index contributed by atoms with van der Waals surface area (Å²) >= 11 is 0. The van der Waals surface area contributed by atoms with Gasteiger partial charge in [-0.2, -0.15) is 0 Å². The summed E-state index contributed by atoms with van der Waals surface area (Å²) in [5, 5.41) is 0. The standard InChI is InChI=1S/C21H27FN6/c1-21(2)14-27(13-17-12-24-20(25(3)4)26(17)5)18(21)19-23-9-10-28(19)16-8-6-7-15(22)11-16/h6-12,18H,13-14H2,1-5H3. The van der Waals surface area contributed by atoms with Gasteiger partial charge in [0.05, 0.1) is 17.9 Å². The normalized spacial score (nSPS) is 18.9. The van der Waals surface area contributed by atoms with Gasteiger partial charge in [0.15, 0.2) is 0 Å². The topological polar surface area (TPSA) is 42.1 Å². The molecule has 3 aromatic rings. The summed E-state index contributed by atoms with van der Waals surface area (Å²) in [7, 11) is 6.04. The van der Waals surface area contributed by atoms with Crippen LogP contribution in [0.2, 0.25) is 0 Å². The van der Waals surface area contributed by atoms with Crippen molar-refractivity contribution in [3.63, 3.8) is 0 Å². The van der Waals surface area contributed by atoms with Crippen LogP contribution in [-0.4, -0.2) is 44.6 Å². The van der Waals surface area contributed by atoms with E-state index in [0.717, 1.165) is 36.2 Å². The van der Waals surface area contributed by atoms with Gasteiger partial charge in [0.1, 0.15) is 11.6 Å². The second kappa shape index (κ2) is 6.74. The Morgan fingerprint density at radius 2 is 2.04 bits per heavy atom. The van der Waals surface area contributed by atoms with E-state index in [2.05, 4.69) is 33.3 Å². The molecule has 1 aromatic carbocycles. The van der Waals surface area contributed by atoms with Crippen molar-refractivity contribution in [3.05, 3.63) is 60.2 Å². The molecule has 1 aliphatic rings. The van der Waals surface area contributed by atoms with E-state index < -0.39 is 0 Å². The molecule has 3 heterocycles. The fourth-order valence-corrected chi connectivity index (χ4v) is 4.31. The average molecular weight is 382 g/mol. The molecule has 1 saturated heterocycles. The zero-order valence-corrected chi connectivity index (χ0v) is 17.1. The zero-order valence-electron chi connectivity index (χ0n) is 17.1. The van der Waals surface area contributed by atoms with Crippen molar-refractivity contribution in [1.82, 2.24) is 24.0 Å². The van der Waals surface area contributed by atoms with E-state index >= 15 is 0 Å². The summed E-state index contributed by atoms with van der Waals surface area (Å²) in [5.41, 5.74) is 2.04. The lowest BCUT2D eigenvalue weighted by atomic mass is 9.74. The summed E-state index contributed by atoms with van der Waals surface area (Å²) in [6.07, 6.45) is 5.64. The first-order valence-corrected chi connectivity index (χ1v) is 9.49. The summed E-state index contributed by atoms with van der Waals surface area (Å²) in [4.78, 5) is 13.6. The highest BCUT2D eigenvalue weighted by molar-refractivity contribution is 5.35. The summed E-state index contributed by atoms with van der Waals surface area (Å²) in [6.45, 7) is 6.28. The van der Waals surface area contributed by atoms with E-state index in [1.54, 1.807) is 18.3 Å². The molecule has 6 nitrogen and oxygen atoms in total. The van der Waals surface area contributed by atoms with Crippen molar-refractivity contribution in [2.75, 3.05) is 25.5 Å². The molecular formula is C21H27FN6. The number of hydrogen-bond donors (Lipinski definition) is 0. The minimum absolute atomic E-state index is 0.0827. The Morgan fingerprint density at radius 3 is 2.68 bits per heavy atom. The number of hydrogen-bond acceptors (Lipinski definition) is 4. The Labute approximate surface area is 165 Å². The van der Waals surface area contributed by atoms with Crippen LogP contribution in [-0.2, 0) is 13.6 Å². The molecule has 0 bridgehead atoms. The first kappa shape index (κ1) is 18.7. The average Bonchev–Trinajstić information content (AvgIpc) is 3.21. The molecule has 4 rings (SSSR count). The van der Waals surface area contributed by atoms with Crippen LogP contribution in [0.15, 0.2) is 42.9 Å². The van der Waals surface area contributed by atoms with Gasteiger partial charge in [-0.05, 0) is 18.2 Å². The lowest BCUT2D eigenvalue weighted by Gasteiger charge is -2.53. The highest BCUT2D eigenvalue weighted by atomic mass is 19.1. The van der Waals surface area contributed by atoms with Gasteiger partial charge >= 0.3 is 0 Å². The van der Waals surface area contributed by atoms with Gasteiger partial charge in [-0.3, -0.25) is 4.90 Å². The molecule has 2 aromatic heterocycles. The predicted octanol–water partition coefficient (Wildman–Crippen LogP) is 3.39. The van der Waals surface area contributed by atoms with Crippen LogP contribution in [0.3, 0.4) is 0 Å². The molecule has 1 unspecified atom stereocenters. The van der Waals surface area contributed by atoms with Crippen LogP contribution >= 0.6 is 0 Å². The van der Waals surface area contributed by atoms with E-state index in [-0.39, 0.29) is 17.3 Å². The van der Waals surface area contributed by atoms with Gasteiger partial charge in [-0.1, -0.05) is 19.9 Å². The number of halogens is 1. The molecular weight excluding hydrogens is 355 g/mol. The van der Waals surface area contributed by atoms with Crippen LogP contribution in [0.4, 0.5) is 10.3 Å². The van der Waals surface area contributed by atoms with Crippen molar-refractivity contribution < 1.29 is 4.39 Å². The third-order valence-corrected chi connectivity index (χ3v) is 5.54. The number of aromatic nitrogens is 4. The molecule has 0 saturated carbocycles. The lowest BCUT2D eigenvalue weighted by Crippen LogP contribution is -2.55. The Bertz CT molecular complexity index is 986. The maximum Gasteiger partial charge on any atom is 0.204 e. The third-order valence-electron chi connectivity index (χ3n) is 5.54. The first-order valence-electron chi connectivity index (χ1n) is 9.49. The third kappa shape index (κ3) is 3.09. The molecule has 1 atom stereocenters. The number of anilines is 1. The molecule has 0 aliphatic carbocycles. The van der Waals surface area contributed by atoms with E-state index in [4.69, 9.17) is 0 Å². The fourth-order valence-electron chi connectivity index (χ4n) is 4.31. The van der Waals surface area contributed by atoms with Crippen LogP contribution < -0.4 is 4.90 Å². The van der Waals surface area contributed by atoms with Gasteiger partial charge in [0, 0.05) is 57.7 Å². The van der Waals surface area contributed by atoms with Crippen molar-refractivity contribution in [1.29, 1.82) is 0 Å². The van der Waals surface area contributed by atoms with E-state index in [0.29, 0.717) is 0 Å². The molecule has 148 valence electrons. The smallest absolute Gasteiger partial charge is 0.204 e. The predicted molar refractivity (Wildman–Crippen MR) is 108 cm³/mol. The molecule has 7 heteroatoms. The summed E-state index contributed by atoms with van der Waals surface area (Å²) in [6, 6.07) is 6.80. The minimum atomic E-state index is -0.243. The van der Waals surface area contributed by atoms with Gasteiger partial charge < -0.3 is 14.0 Å². The van der Waals surface area contributed by atoms with Crippen LogP contribution in [0.5, 0.6) is 0 Å². The minimum Gasteiger partial charge on any atom is -0.348 e. The van der Waals surface area contributed by atoms with Crippen LogP contribution in [0.25, 0.3) is 5.69 Å². The molecule has 0 amide bonds. The van der Waals surface area contributed by atoms with Crippen LogP contribution in [0, 0.1) is 11.2 Å². The Balaban J connectivity index is 1.65.